The number of nitrogens with one attached hydrogen (secondary N) is 2. The molecule has 1 amide bonds. The molecule has 0 radical (unpaired) electrons. The molecule has 2 rings (SSSR count). The minimum absolute atomic E-state index is 0.201. The lowest BCUT2D eigenvalue weighted by Crippen LogP contribution is -2.12. The van der Waals surface area contributed by atoms with Crippen LogP contribution in [0.3, 0.4) is 0 Å². The standard InChI is InChI=1S/C17H20ClN3O2/c18-14-6-4-13(5-7-14)17(23)21-15-8-9-16(20-12-15)19-10-2-1-3-11-22/h4-9,12,22H,1-3,10-11H2,(H,19,20)(H,21,23). The maximum absolute atomic E-state index is 12.1. The topological polar surface area (TPSA) is 74.2 Å². The minimum atomic E-state index is -0.201. The second-order valence-corrected chi connectivity index (χ2v) is 5.54. The number of hydrogen-bond acceptors (Lipinski definition) is 4. The molecule has 0 saturated heterocycles. The molecule has 0 aliphatic rings. The summed E-state index contributed by atoms with van der Waals surface area (Å²) in [6, 6.07) is 10.3. The zero-order valence-electron chi connectivity index (χ0n) is 12.8. The first kappa shape index (κ1) is 17.2. The number of rotatable bonds is 8. The van der Waals surface area contributed by atoms with Crippen molar-refractivity contribution < 1.29 is 9.90 Å². The molecule has 0 unspecified atom stereocenters. The molecular formula is C17H20ClN3O2. The summed E-state index contributed by atoms with van der Waals surface area (Å²) in [7, 11) is 0. The van der Waals surface area contributed by atoms with Gasteiger partial charge in [0.15, 0.2) is 0 Å². The number of hydrogen-bond donors (Lipinski definition) is 3. The van der Waals surface area contributed by atoms with Gasteiger partial charge in [0.1, 0.15) is 5.82 Å². The average molecular weight is 334 g/mol. The van der Waals surface area contributed by atoms with Crippen LogP contribution in [0.5, 0.6) is 0 Å². The van der Waals surface area contributed by atoms with E-state index in [1.807, 2.05) is 6.07 Å². The van der Waals surface area contributed by atoms with Gasteiger partial charge in [-0.3, -0.25) is 4.79 Å². The van der Waals surface area contributed by atoms with Crippen LogP contribution in [0.4, 0.5) is 11.5 Å². The van der Waals surface area contributed by atoms with Crippen LogP contribution in [0.25, 0.3) is 0 Å². The van der Waals surface area contributed by atoms with Crippen molar-refractivity contribution in [1.82, 2.24) is 4.98 Å². The molecule has 6 heteroatoms. The first-order valence-electron chi connectivity index (χ1n) is 7.57. The number of halogens is 1. The van der Waals surface area contributed by atoms with Crippen molar-refractivity contribution in [3.8, 4) is 0 Å². The van der Waals surface area contributed by atoms with Gasteiger partial charge in [0.25, 0.3) is 5.91 Å². The van der Waals surface area contributed by atoms with Crippen molar-refractivity contribution in [2.45, 2.75) is 19.3 Å². The van der Waals surface area contributed by atoms with E-state index in [0.717, 1.165) is 31.6 Å². The van der Waals surface area contributed by atoms with Crippen molar-refractivity contribution in [2.24, 2.45) is 0 Å². The Labute approximate surface area is 140 Å². The van der Waals surface area contributed by atoms with Crippen LogP contribution in [-0.2, 0) is 0 Å². The molecule has 1 aromatic heterocycles. The lowest BCUT2D eigenvalue weighted by Gasteiger charge is -2.08. The van der Waals surface area contributed by atoms with Gasteiger partial charge in [0.2, 0.25) is 0 Å². The number of aromatic nitrogens is 1. The van der Waals surface area contributed by atoms with Crippen LogP contribution >= 0.6 is 11.6 Å². The Kier molecular flexibility index (Phi) is 6.84. The summed E-state index contributed by atoms with van der Waals surface area (Å²) >= 11 is 5.80. The molecule has 23 heavy (non-hydrogen) atoms. The zero-order chi connectivity index (χ0) is 16.5. The fourth-order valence-corrected chi connectivity index (χ4v) is 2.13. The van der Waals surface area contributed by atoms with E-state index in [9.17, 15) is 4.79 Å². The van der Waals surface area contributed by atoms with Crippen molar-refractivity contribution in [3.05, 3.63) is 53.2 Å². The summed E-state index contributed by atoms with van der Waals surface area (Å²) in [4.78, 5) is 16.3. The van der Waals surface area contributed by atoms with Gasteiger partial charge < -0.3 is 15.7 Å². The summed E-state index contributed by atoms with van der Waals surface area (Å²) in [5.41, 5.74) is 1.18. The number of nitrogens with zero attached hydrogens (tertiary/aromatic N) is 1. The van der Waals surface area contributed by atoms with Crippen LogP contribution < -0.4 is 10.6 Å². The predicted octanol–water partition coefficient (Wildman–Crippen LogP) is 3.56. The third-order valence-electron chi connectivity index (χ3n) is 3.27. The quantitative estimate of drug-likeness (QED) is 0.646. The summed E-state index contributed by atoms with van der Waals surface area (Å²) < 4.78 is 0. The molecule has 0 saturated carbocycles. The van der Waals surface area contributed by atoms with E-state index >= 15 is 0 Å². The number of amides is 1. The van der Waals surface area contributed by atoms with Gasteiger partial charge in [-0.15, -0.1) is 0 Å². The number of pyridine rings is 1. The molecule has 0 fully saturated rings. The molecule has 0 bridgehead atoms. The van der Waals surface area contributed by atoms with Crippen molar-refractivity contribution in [2.75, 3.05) is 23.8 Å². The van der Waals surface area contributed by atoms with Gasteiger partial charge in [-0.05, 0) is 55.7 Å². The number of unbranched alkanes of at least 4 members (excludes halogenated alkanes) is 2. The van der Waals surface area contributed by atoms with Crippen LogP contribution in [0.1, 0.15) is 29.6 Å². The van der Waals surface area contributed by atoms with Gasteiger partial charge in [0, 0.05) is 23.7 Å². The number of carbonyl (C=O) groups is 1. The maximum atomic E-state index is 12.1. The van der Waals surface area contributed by atoms with E-state index in [2.05, 4.69) is 15.6 Å². The highest BCUT2D eigenvalue weighted by Crippen LogP contribution is 2.13. The van der Waals surface area contributed by atoms with Crippen molar-refractivity contribution in [1.29, 1.82) is 0 Å². The molecule has 0 atom stereocenters. The minimum Gasteiger partial charge on any atom is -0.396 e. The molecular weight excluding hydrogens is 314 g/mol. The first-order chi connectivity index (χ1) is 11.2. The van der Waals surface area contributed by atoms with Crippen molar-refractivity contribution in [3.63, 3.8) is 0 Å². The molecule has 5 nitrogen and oxygen atoms in total. The fraction of sp³-hybridized carbons (Fsp3) is 0.294. The normalized spacial score (nSPS) is 10.3. The molecule has 122 valence electrons. The Morgan fingerprint density at radius 3 is 2.52 bits per heavy atom. The van der Waals surface area contributed by atoms with Crippen LogP contribution in [0.15, 0.2) is 42.6 Å². The Morgan fingerprint density at radius 2 is 1.87 bits per heavy atom. The van der Waals surface area contributed by atoms with Gasteiger partial charge >= 0.3 is 0 Å². The van der Waals surface area contributed by atoms with E-state index in [0.29, 0.717) is 16.3 Å². The Bertz CT molecular complexity index is 615. The lowest BCUT2D eigenvalue weighted by atomic mass is 10.2. The summed E-state index contributed by atoms with van der Waals surface area (Å²) in [5, 5.41) is 15.3. The third-order valence-corrected chi connectivity index (χ3v) is 3.52. The van der Waals surface area contributed by atoms with E-state index in [1.54, 1.807) is 36.5 Å². The van der Waals surface area contributed by atoms with E-state index in [-0.39, 0.29) is 12.5 Å². The molecule has 1 heterocycles. The van der Waals surface area contributed by atoms with Crippen LogP contribution in [-0.4, -0.2) is 29.1 Å². The lowest BCUT2D eigenvalue weighted by molar-refractivity contribution is 0.102. The number of benzene rings is 1. The SMILES string of the molecule is O=C(Nc1ccc(NCCCCCO)nc1)c1ccc(Cl)cc1. The Hall–Kier alpha value is -2.11. The van der Waals surface area contributed by atoms with E-state index in [1.165, 1.54) is 0 Å². The van der Waals surface area contributed by atoms with Crippen molar-refractivity contribution >= 4 is 29.0 Å². The second-order valence-electron chi connectivity index (χ2n) is 5.10. The molecule has 0 spiro atoms. The average Bonchev–Trinajstić information content (AvgIpc) is 2.57. The highest BCUT2D eigenvalue weighted by Gasteiger charge is 2.06. The molecule has 3 N–H and O–H groups in total. The Morgan fingerprint density at radius 1 is 1.09 bits per heavy atom. The highest BCUT2D eigenvalue weighted by atomic mass is 35.5. The molecule has 1 aromatic carbocycles. The van der Waals surface area contributed by atoms with E-state index < -0.39 is 0 Å². The maximum Gasteiger partial charge on any atom is 0.255 e. The third kappa shape index (κ3) is 5.88. The summed E-state index contributed by atoms with van der Waals surface area (Å²) in [5.74, 6) is 0.562. The fourth-order valence-electron chi connectivity index (χ4n) is 2.01. The zero-order valence-corrected chi connectivity index (χ0v) is 13.5. The molecule has 0 aliphatic heterocycles. The summed E-state index contributed by atoms with van der Waals surface area (Å²) in [6.07, 6.45) is 4.41. The largest absolute Gasteiger partial charge is 0.396 e. The van der Waals surface area contributed by atoms with Crippen LogP contribution in [0, 0.1) is 0 Å². The monoisotopic (exact) mass is 333 g/mol. The van der Waals surface area contributed by atoms with Gasteiger partial charge in [-0.2, -0.15) is 0 Å². The molecule has 2 aromatic rings. The summed E-state index contributed by atoms with van der Waals surface area (Å²) in [6.45, 7) is 1.05. The predicted molar refractivity (Wildman–Crippen MR) is 93.1 cm³/mol. The van der Waals surface area contributed by atoms with E-state index in [4.69, 9.17) is 16.7 Å². The van der Waals surface area contributed by atoms with Crippen LogP contribution in [0.2, 0.25) is 5.02 Å². The Balaban J connectivity index is 1.82. The second kappa shape index (κ2) is 9.12. The number of aliphatic hydroxyl groups excluding tert-OH is 1. The smallest absolute Gasteiger partial charge is 0.255 e. The van der Waals surface area contributed by atoms with Gasteiger partial charge in [-0.25, -0.2) is 4.98 Å². The van der Waals surface area contributed by atoms with Gasteiger partial charge in [-0.1, -0.05) is 11.6 Å². The number of carbonyl (C=O) groups excluding carboxylic acids is 1. The number of aliphatic hydroxyl groups is 1. The van der Waals surface area contributed by atoms with Gasteiger partial charge in [0.05, 0.1) is 11.9 Å². The number of anilines is 2. The highest BCUT2D eigenvalue weighted by molar-refractivity contribution is 6.30. The first-order valence-corrected chi connectivity index (χ1v) is 7.94. The molecule has 0 aliphatic carbocycles.